The van der Waals surface area contributed by atoms with Crippen molar-refractivity contribution in [3.63, 3.8) is 0 Å². The Balaban J connectivity index is 1.30. The summed E-state index contributed by atoms with van der Waals surface area (Å²) in [7, 11) is 0. The number of benzene rings is 1. The van der Waals surface area contributed by atoms with Crippen LogP contribution in [0.4, 0.5) is 4.79 Å². The van der Waals surface area contributed by atoms with Crippen molar-refractivity contribution in [2.24, 2.45) is 5.92 Å². The summed E-state index contributed by atoms with van der Waals surface area (Å²) in [4.78, 5) is 36.2. The summed E-state index contributed by atoms with van der Waals surface area (Å²) in [5, 5.41) is 0. The fraction of sp³-hybridized carbons (Fsp3) is 0.550. The zero-order chi connectivity index (χ0) is 18.4. The molecule has 1 aromatic carbocycles. The van der Waals surface area contributed by atoms with Crippen LogP contribution in [-0.2, 0) is 0 Å². The lowest BCUT2D eigenvalue weighted by atomic mass is 10.1. The van der Waals surface area contributed by atoms with Crippen molar-refractivity contribution >= 4 is 33.5 Å². The number of carbonyl (C=O) groups is 2. The van der Waals surface area contributed by atoms with Gasteiger partial charge in [-0.1, -0.05) is 0 Å². The van der Waals surface area contributed by atoms with Gasteiger partial charge in [0, 0.05) is 44.2 Å². The molecule has 5 rings (SSSR count). The van der Waals surface area contributed by atoms with Gasteiger partial charge in [0.25, 0.3) is 5.91 Å². The van der Waals surface area contributed by atoms with Crippen molar-refractivity contribution in [3.8, 4) is 0 Å². The van der Waals surface area contributed by atoms with Crippen molar-refractivity contribution in [2.75, 3.05) is 32.7 Å². The third-order valence-electron chi connectivity index (χ3n) is 6.29. The number of hydrogen-bond donors (Lipinski definition) is 0. The van der Waals surface area contributed by atoms with Crippen LogP contribution in [0.1, 0.15) is 36.0 Å². The minimum atomic E-state index is 0.0741. The van der Waals surface area contributed by atoms with E-state index in [0.29, 0.717) is 12.5 Å². The van der Waals surface area contributed by atoms with Crippen LogP contribution in [0.3, 0.4) is 0 Å². The summed E-state index contributed by atoms with van der Waals surface area (Å²) in [6.07, 6.45) is 4.45. The number of amides is 3. The summed E-state index contributed by atoms with van der Waals surface area (Å²) in [5.41, 5.74) is 3.47. The van der Waals surface area contributed by atoms with Gasteiger partial charge in [-0.3, -0.25) is 4.79 Å². The molecule has 0 N–H and O–H groups in total. The molecule has 3 aliphatic rings. The highest BCUT2D eigenvalue weighted by atomic mass is 32.1. The van der Waals surface area contributed by atoms with E-state index >= 15 is 0 Å². The summed E-state index contributed by atoms with van der Waals surface area (Å²) in [5.74, 6) is 0.486. The predicted octanol–water partition coefficient (Wildman–Crippen LogP) is 3.05. The maximum Gasteiger partial charge on any atom is 0.320 e. The van der Waals surface area contributed by atoms with E-state index in [1.807, 2.05) is 38.4 Å². The first kappa shape index (κ1) is 17.0. The molecule has 3 amide bonds. The predicted molar refractivity (Wildman–Crippen MR) is 105 cm³/mol. The number of likely N-dealkylation sites (tertiary alicyclic amines) is 3. The Morgan fingerprint density at radius 3 is 2.74 bits per heavy atom. The van der Waals surface area contributed by atoms with Gasteiger partial charge in [-0.2, -0.15) is 0 Å². The Morgan fingerprint density at radius 2 is 1.89 bits per heavy atom. The van der Waals surface area contributed by atoms with Gasteiger partial charge < -0.3 is 14.7 Å². The number of hydrogen-bond acceptors (Lipinski definition) is 4. The van der Waals surface area contributed by atoms with Gasteiger partial charge in [-0.15, -0.1) is 11.3 Å². The second-order valence-corrected chi connectivity index (χ2v) is 8.77. The summed E-state index contributed by atoms with van der Waals surface area (Å²) in [6.45, 7) is 4.01. The zero-order valence-corrected chi connectivity index (χ0v) is 16.2. The topological polar surface area (TPSA) is 56.8 Å². The Hall–Kier alpha value is -2.15. The van der Waals surface area contributed by atoms with Crippen molar-refractivity contribution in [1.29, 1.82) is 0 Å². The number of fused-ring (bicyclic) bond motifs is 2. The molecule has 4 heterocycles. The highest BCUT2D eigenvalue weighted by molar-refractivity contribution is 7.16. The van der Waals surface area contributed by atoms with Gasteiger partial charge in [0.2, 0.25) is 0 Å². The van der Waals surface area contributed by atoms with E-state index in [1.54, 1.807) is 11.3 Å². The van der Waals surface area contributed by atoms with Crippen LogP contribution in [0, 0.1) is 5.92 Å². The monoisotopic (exact) mass is 384 g/mol. The van der Waals surface area contributed by atoms with E-state index in [2.05, 4.69) is 4.98 Å². The molecule has 27 heavy (non-hydrogen) atoms. The number of urea groups is 1. The zero-order valence-electron chi connectivity index (χ0n) is 15.3. The first-order valence-corrected chi connectivity index (χ1v) is 10.8. The van der Waals surface area contributed by atoms with Crippen molar-refractivity contribution < 1.29 is 9.59 Å². The van der Waals surface area contributed by atoms with E-state index in [1.165, 1.54) is 6.42 Å². The van der Waals surface area contributed by atoms with E-state index in [0.717, 1.165) is 61.2 Å². The van der Waals surface area contributed by atoms with Crippen molar-refractivity contribution in [1.82, 2.24) is 19.7 Å². The number of carbonyl (C=O) groups excluding carboxylic acids is 2. The molecular formula is C20H24N4O2S. The molecule has 142 valence electrons. The fourth-order valence-electron chi connectivity index (χ4n) is 4.80. The van der Waals surface area contributed by atoms with Crippen LogP contribution < -0.4 is 0 Å². The SMILES string of the molecule is O=C(c1ccc2ncsc2c1)N1C[C@@H]2CCN(C(=O)N3CCCCC3)[C@@H]2C1. The molecule has 1 aromatic heterocycles. The number of aromatic nitrogens is 1. The standard InChI is InChI=1S/C20H24N4O2S/c25-19(14-4-5-16-18(10-14)27-13-21-16)23-11-15-6-9-24(17(15)12-23)20(26)22-7-2-1-3-8-22/h4-5,10,13,15,17H,1-3,6-9,11-12H2/t15-,17+/m0/s1. The number of nitrogens with zero attached hydrogens (tertiary/aromatic N) is 4. The van der Waals surface area contributed by atoms with Gasteiger partial charge in [0.05, 0.1) is 21.8 Å². The minimum Gasteiger partial charge on any atom is -0.336 e. The number of piperidine rings is 1. The van der Waals surface area contributed by atoms with Gasteiger partial charge in [0.15, 0.2) is 0 Å². The van der Waals surface area contributed by atoms with Gasteiger partial charge >= 0.3 is 6.03 Å². The lowest BCUT2D eigenvalue weighted by Crippen LogP contribution is -2.49. The largest absolute Gasteiger partial charge is 0.336 e. The molecule has 0 spiro atoms. The highest BCUT2D eigenvalue weighted by Gasteiger charge is 2.45. The third-order valence-corrected chi connectivity index (χ3v) is 7.08. The van der Waals surface area contributed by atoms with E-state index < -0.39 is 0 Å². The number of rotatable bonds is 1. The molecule has 3 saturated heterocycles. The molecule has 2 aromatic rings. The maximum atomic E-state index is 13.0. The lowest BCUT2D eigenvalue weighted by Gasteiger charge is -2.34. The third kappa shape index (κ3) is 2.98. The molecule has 7 heteroatoms. The summed E-state index contributed by atoms with van der Waals surface area (Å²) in [6, 6.07) is 6.09. The maximum absolute atomic E-state index is 13.0. The normalized spacial score (nSPS) is 25.3. The second-order valence-electron chi connectivity index (χ2n) is 7.88. The van der Waals surface area contributed by atoms with Crippen LogP contribution in [0.2, 0.25) is 0 Å². The number of thiazole rings is 1. The van der Waals surface area contributed by atoms with E-state index in [9.17, 15) is 9.59 Å². The Bertz CT molecular complexity index is 876. The average molecular weight is 385 g/mol. The highest BCUT2D eigenvalue weighted by Crippen LogP contribution is 2.33. The first-order valence-electron chi connectivity index (χ1n) is 9.89. The van der Waals surface area contributed by atoms with Crippen molar-refractivity contribution in [2.45, 2.75) is 31.7 Å². The summed E-state index contributed by atoms with van der Waals surface area (Å²) < 4.78 is 1.04. The minimum absolute atomic E-state index is 0.0741. The smallest absolute Gasteiger partial charge is 0.320 e. The Morgan fingerprint density at radius 1 is 1.04 bits per heavy atom. The quantitative estimate of drug-likeness (QED) is 0.759. The molecular weight excluding hydrogens is 360 g/mol. The van der Waals surface area contributed by atoms with Crippen LogP contribution >= 0.6 is 11.3 Å². The second kappa shape index (κ2) is 6.78. The van der Waals surface area contributed by atoms with Crippen LogP contribution in [0.15, 0.2) is 23.7 Å². The molecule has 0 saturated carbocycles. The molecule has 0 unspecified atom stereocenters. The Labute approximate surface area is 162 Å². The molecule has 3 fully saturated rings. The average Bonchev–Trinajstić information content (AvgIpc) is 3.42. The van der Waals surface area contributed by atoms with Gasteiger partial charge in [0.1, 0.15) is 0 Å². The van der Waals surface area contributed by atoms with Crippen molar-refractivity contribution in [3.05, 3.63) is 29.3 Å². The fourth-order valence-corrected chi connectivity index (χ4v) is 5.52. The van der Waals surface area contributed by atoms with E-state index in [4.69, 9.17) is 0 Å². The molecule has 0 bridgehead atoms. The van der Waals surface area contributed by atoms with Crippen LogP contribution in [-0.4, -0.2) is 70.4 Å². The molecule has 0 radical (unpaired) electrons. The lowest BCUT2D eigenvalue weighted by molar-refractivity contribution is 0.0769. The van der Waals surface area contributed by atoms with Gasteiger partial charge in [-0.05, 0) is 43.9 Å². The molecule has 3 aliphatic heterocycles. The molecule has 6 nitrogen and oxygen atoms in total. The Kier molecular flexibility index (Phi) is 4.27. The molecule has 0 aliphatic carbocycles. The van der Waals surface area contributed by atoms with E-state index in [-0.39, 0.29) is 18.0 Å². The first-order chi connectivity index (χ1) is 13.2. The van der Waals surface area contributed by atoms with Gasteiger partial charge in [-0.25, -0.2) is 9.78 Å². The molecule has 2 atom stereocenters. The van der Waals surface area contributed by atoms with Crippen LogP contribution in [0.25, 0.3) is 10.2 Å². The summed E-state index contributed by atoms with van der Waals surface area (Å²) >= 11 is 1.56. The van der Waals surface area contributed by atoms with Crippen LogP contribution in [0.5, 0.6) is 0 Å².